The van der Waals surface area contributed by atoms with Crippen LogP contribution < -0.4 is 4.90 Å². The molecule has 0 bridgehead atoms. The summed E-state index contributed by atoms with van der Waals surface area (Å²) in [5.41, 5.74) is 0. The van der Waals surface area contributed by atoms with E-state index in [9.17, 15) is 0 Å². The molecule has 17 heavy (non-hydrogen) atoms. The molecule has 1 aliphatic rings. The van der Waals surface area contributed by atoms with Crippen LogP contribution in [-0.4, -0.2) is 35.8 Å². The summed E-state index contributed by atoms with van der Waals surface area (Å²) in [4.78, 5) is 13.4. The number of hydrogen-bond acceptors (Lipinski definition) is 5. The van der Waals surface area contributed by atoms with E-state index in [-0.39, 0.29) is 6.10 Å². The summed E-state index contributed by atoms with van der Waals surface area (Å²) in [6, 6.07) is 2.18. The standard InChI is InChI=1S/C12H15N3OS/c1-8-6-15(3-4-16-8)11-10-5-9(2)17-12(10)14-7-13-11/h5,7-8H,3-4,6H2,1-2H3. The van der Waals surface area contributed by atoms with Crippen molar-refractivity contribution in [2.24, 2.45) is 0 Å². The van der Waals surface area contributed by atoms with Gasteiger partial charge in [0.1, 0.15) is 17.0 Å². The van der Waals surface area contributed by atoms with Crippen LogP contribution in [0.1, 0.15) is 11.8 Å². The molecule has 1 atom stereocenters. The smallest absolute Gasteiger partial charge is 0.140 e. The highest BCUT2D eigenvalue weighted by molar-refractivity contribution is 7.18. The third kappa shape index (κ3) is 2.00. The van der Waals surface area contributed by atoms with Crippen molar-refractivity contribution in [1.29, 1.82) is 0 Å². The summed E-state index contributed by atoms with van der Waals surface area (Å²) < 4.78 is 5.56. The van der Waals surface area contributed by atoms with Crippen molar-refractivity contribution in [2.75, 3.05) is 24.6 Å². The predicted octanol–water partition coefficient (Wildman–Crippen LogP) is 2.22. The number of aryl methyl sites for hydroxylation is 1. The van der Waals surface area contributed by atoms with Crippen LogP contribution in [0, 0.1) is 6.92 Å². The van der Waals surface area contributed by atoms with Gasteiger partial charge in [0.2, 0.25) is 0 Å². The monoisotopic (exact) mass is 249 g/mol. The van der Waals surface area contributed by atoms with Gasteiger partial charge in [-0.2, -0.15) is 0 Å². The van der Waals surface area contributed by atoms with Crippen LogP contribution in [0.25, 0.3) is 10.2 Å². The first-order valence-corrected chi connectivity index (χ1v) is 6.63. The molecule has 3 rings (SSSR count). The fraction of sp³-hybridized carbons (Fsp3) is 0.500. The molecule has 1 fully saturated rings. The summed E-state index contributed by atoms with van der Waals surface area (Å²) >= 11 is 1.72. The van der Waals surface area contributed by atoms with Gasteiger partial charge in [-0.1, -0.05) is 0 Å². The van der Waals surface area contributed by atoms with Gasteiger partial charge in [-0.05, 0) is 19.9 Å². The SMILES string of the molecule is Cc1cc2c(N3CCOC(C)C3)ncnc2s1. The van der Waals surface area contributed by atoms with Gasteiger partial charge in [-0.25, -0.2) is 9.97 Å². The average molecular weight is 249 g/mol. The van der Waals surface area contributed by atoms with Crippen molar-refractivity contribution in [1.82, 2.24) is 9.97 Å². The largest absolute Gasteiger partial charge is 0.375 e. The Bertz CT molecular complexity index is 540. The zero-order chi connectivity index (χ0) is 11.8. The van der Waals surface area contributed by atoms with Crippen LogP contribution in [0.5, 0.6) is 0 Å². The molecule has 2 aromatic heterocycles. The highest BCUT2D eigenvalue weighted by Crippen LogP contribution is 2.30. The van der Waals surface area contributed by atoms with Crippen LogP contribution >= 0.6 is 11.3 Å². The molecule has 1 aliphatic heterocycles. The molecule has 2 aromatic rings. The van der Waals surface area contributed by atoms with E-state index < -0.39 is 0 Å². The Morgan fingerprint density at radius 3 is 3.18 bits per heavy atom. The Morgan fingerprint density at radius 1 is 1.47 bits per heavy atom. The Labute approximate surface area is 104 Å². The Balaban J connectivity index is 2.04. The topological polar surface area (TPSA) is 38.2 Å². The van der Waals surface area contributed by atoms with Gasteiger partial charge >= 0.3 is 0 Å². The molecule has 4 nitrogen and oxygen atoms in total. The van der Waals surface area contributed by atoms with E-state index in [0.29, 0.717) is 0 Å². The van der Waals surface area contributed by atoms with Crippen molar-refractivity contribution in [2.45, 2.75) is 20.0 Å². The number of nitrogens with zero attached hydrogens (tertiary/aromatic N) is 3. The second-order valence-corrected chi connectivity index (χ2v) is 5.64. The first kappa shape index (κ1) is 10.9. The summed E-state index contributed by atoms with van der Waals surface area (Å²) in [7, 11) is 0. The molecule has 0 N–H and O–H groups in total. The molecule has 1 unspecified atom stereocenters. The van der Waals surface area contributed by atoms with Crippen LogP contribution in [-0.2, 0) is 4.74 Å². The van der Waals surface area contributed by atoms with Crippen LogP contribution in [0.4, 0.5) is 5.82 Å². The molecule has 1 saturated heterocycles. The van der Waals surface area contributed by atoms with Crippen molar-refractivity contribution < 1.29 is 4.74 Å². The number of hydrogen-bond donors (Lipinski definition) is 0. The maximum Gasteiger partial charge on any atom is 0.140 e. The quantitative estimate of drug-likeness (QED) is 0.777. The fourth-order valence-electron chi connectivity index (χ4n) is 2.23. The van der Waals surface area contributed by atoms with Gasteiger partial charge in [-0.15, -0.1) is 11.3 Å². The second kappa shape index (κ2) is 4.23. The highest BCUT2D eigenvalue weighted by Gasteiger charge is 2.20. The highest BCUT2D eigenvalue weighted by atomic mass is 32.1. The summed E-state index contributed by atoms with van der Waals surface area (Å²) in [5.74, 6) is 1.05. The lowest BCUT2D eigenvalue weighted by molar-refractivity contribution is 0.0530. The molecule has 0 aliphatic carbocycles. The zero-order valence-electron chi connectivity index (χ0n) is 10.0. The fourth-order valence-corrected chi connectivity index (χ4v) is 3.07. The summed E-state index contributed by atoms with van der Waals surface area (Å²) in [6.07, 6.45) is 1.93. The maximum absolute atomic E-state index is 5.56. The molecule has 0 aromatic carbocycles. The van der Waals surface area contributed by atoms with E-state index in [2.05, 4.69) is 34.8 Å². The average Bonchev–Trinajstić information content (AvgIpc) is 2.68. The van der Waals surface area contributed by atoms with E-state index in [4.69, 9.17) is 4.74 Å². The molecular weight excluding hydrogens is 234 g/mol. The van der Waals surface area contributed by atoms with Gasteiger partial charge in [0, 0.05) is 18.0 Å². The Kier molecular flexibility index (Phi) is 2.72. The molecule has 0 amide bonds. The summed E-state index contributed by atoms with van der Waals surface area (Å²) in [6.45, 7) is 6.80. The van der Waals surface area contributed by atoms with Crippen molar-refractivity contribution in [3.8, 4) is 0 Å². The number of morpholine rings is 1. The van der Waals surface area contributed by atoms with Gasteiger partial charge < -0.3 is 9.64 Å². The van der Waals surface area contributed by atoms with Crippen LogP contribution in [0.3, 0.4) is 0 Å². The molecule has 90 valence electrons. The van der Waals surface area contributed by atoms with Crippen molar-refractivity contribution in [3.05, 3.63) is 17.3 Å². The van der Waals surface area contributed by atoms with Crippen LogP contribution in [0.15, 0.2) is 12.4 Å². The number of fused-ring (bicyclic) bond motifs is 1. The minimum atomic E-state index is 0.272. The van der Waals surface area contributed by atoms with E-state index in [1.807, 2.05) is 0 Å². The number of aromatic nitrogens is 2. The number of anilines is 1. The van der Waals surface area contributed by atoms with E-state index in [1.54, 1.807) is 17.7 Å². The molecule has 5 heteroatoms. The van der Waals surface area contributed by atoms with E-state index in [1.165, 1.54) is 10.3 Å². The van der Waals surface area contributed by atoms with Gasteiger partial charge in [0.05, 0.1) is 18.1 Å². The van der Waals surface area contributed by atoms with E-state index in [0.717, 1.165) is 30.3 Å². The number of rotatable bonds is 1. The predicted molar refractivity (Wildman–Crippen MR) is 69.8 cm³/mol. The third-order valence-corrected chi connectivity index (χ3v) is 3.93. The van der Waals surface area contributed by atoms with Crippen molar-refractivity contribution in [3.63, 3.8) is 0 Å². The number of thiophene rings is 1. The molecule has 0 saturated carbocycles. The minimum absolute atomic E-state index is 0.272. The van der Waals surface area contributed by atoms with Crippen LogP contribution in [0.2, 0.25) is 0 Å². The Hall–Kier alpha value is -1.20. The van der Waals surface area contributed by atoms with Crippen molar-refractivity contribution >= 4 is 27.4 Å². The Morgan fingerprint density at radius 2 is 2.35 bits per heavy atom. The van der Waals surface area contributed by atoms with Gasteiger partial charge in [-0.3, -0.25) is 0 Å². The van der Waals surface area contributed by atoms with Gasteiger partial charge in [0.25, 0.3) is 0 Å². The van der Waals surface area contributed by atoms with E-state index >= 15 is 0 Å². The summed E-state index contributed by atoms with van der Waals surface area (Å²) in [5, 5.41) is 1.17. The lowest BCUT2D eigenvalue weighted by atomic mass is 10.2. The zero-order valence-corrected chi connectivity index (χ0v) is 10.8. The molecule has 3 heterocycles. The van der Waals surface area contributed by atoms with Gasteiger partial charge in [0.15, 0.2) is 0 Å². The first-order chi connectivity index (χ1) is 8.24. The molecular formula is C12H15N3OS. The molecule has 0 radical (unpaired) electrons. The molecule has 0 spiro atoms. The second-order valence-electron chi connectivity index (χ2n) is 4.40. The normalized spacial score (nSPS) is 21.1. The number of ether oxygens (including phenoxy) is 1. The minimum Gasteiger partial charge on any atom is -0.375 e. The maximum atomic E-state index is 5.56. The lowest BCUT2D eigenvalue weighted by Gasteiger charge is -2.32. The first-order valence-electron chi connectivity index (χ1n) is 5.82. The lowest BCUT2D eigenvalue weighted by Crippen LogP contribution is -2.41. The third-order valence-electron chi connectivity index (χ3n) is 2.97.